The molecule has 0 bridgehead atoms. The fourth-order valence-corrected chi connectivity index (χ4v) is 4.36. The van der Waals surface area contributed by atoms with Gasteiger partial charge in [-0.05, 0) is 68.2 Å². The summed E-state index contributed by atoms with van der Waals surface area (Å²) in [5, 5.41) is 7.73. The van der Waals surface area contributed by atoms with Crippen LogP contribution in [0, 0.1) is 0 Å². The second-order valence-electron chi connectivity index (χ2n) is 8.77. The normalized spacial score (nSPS) is 12.7. The highest BCUT2D eigenvalue weighted by Crippen LogP contribution is 2.34. The topological polar surface area (TPSA) is 86.4 Å². The lowest BCUT2D eigenvalue weighted by molar-refractivity contribution is 0.402. The average Bonchev–Trinajstić information content (AvgIpc) is 3.43. The zero-order chi connectivity index (χ0) is 23.8. The van der Waals surface area contributed by atoms with E-state index in [1.165, 1.54) is 0 Å². The summed E-state index contributed by atoms with van der Waals surface area (Å²) >= 11 is 0. The Bertz CT molecular complexity index is 1630. The number of hydrogen-bond acceptors (Lipinski definition) is 5. The highest BCUT2D eigenvalue weighted by Gasteiger charge is 2.19. The lowest BCUT2D eigenvalue weighted by Crippen LogP contribution is -2.10. The van der Waals surface area contributed by atoms with E-state index in [2.05, 4.69) is 47.9 Å². The Kier molecular flexibility index (Phi) is 5.19. The third kappa shape index (κ3) is 3.99. The molecular weight excluding hydrogens is 434 g/mol. The second kappa shape index (κ2) is 8.65. The standard InChI is InChI=1S/C28H23N7/c1-35(2)17-18-13-19(16-29-15-18)22-10-11-25-27(32-22)28(34-33-25)26-14-21-20(23-8-5-6-12-30-23)7-3-4-9-24(21)31-26/h3,5-16,31H,17H2,1-2H3,(H,33,34). The molecule has 1 aliphatic carbocycles. The van der Waals surface area contributed by atoms with E-state index in [0.717, 1.165) is 68.3 Å². The van der Waals surface area contributed by atoms with E-state index in [0.29, 0.717) is 0 Å². The van der Waals surface area contributed by atoms with Crippen molar-refractivity contribution in [2.75, 3.05) is 14.1 Å². The zero-order valence-corrected chi connectivity index (χ0v) is 19.4. The maximum Gasteiger partial charge on any atom is 0.135 e. The predicted octanol–water partition coefficient (Wildman–Crippen LogP) is 5.09. The van der Waals surface area contributed by atoms with Gasteiger partial charge in [-0.2, -0.15) is 5.10 Å². The van der Waals surface area contributed by atoms with Gasteiger partial charge in [0.25, 0.3) is 0 Å². The average molecular weight is 458 g/mol. The largest absolute Gasteiger partial charge is 0.353 e. The van der Waals surface area contributed by atoms with Crippen molar-refractivity contribution in [1.82, 2.24) is 35.0 Å². The van der Waals surface area contributed by atoms with Crippen molar-refractivity contribution < 1.29 is 0 Å². The molecule has 2 N–H and O–H groups in total. The summed E-state index contributed by atoms with van der Waals surface area (Å²) in [6.07, 6.45) is 11.4. The van der Waals surface area contributed by atoms with Gasteiger partial charge in [0.1, 0.15) is 11.2 Å². The number of rotatable bonds is 5. The van der Waals surface area contributed by atoms with Crippen molar-refractivity contribution in [2.24, 2.45) is 0 Å². The molecule has 7 heteroatoms. The molecular formula is C28H23N7. The van der Waals surface area contributed by atoms with Crippen molar-refractivity contribution in [3.63, 3.8) is 0 Å². The Morgan fingerprint density at radius 2 is 1.97 bits per heavy atom. The fourth-order valence-electron chi connectivity index (χ4n) is 4.36. The number of nitrogens with one attached hydrogen (secondary N) is 2. The first-order chi connectivity index (χ1) is 17.2. The van der Waals surface area contributed by atoms with Crippen LogP contribution in [0.5, 0.6) is 0 Å². The molecule has 5 aromatic heterocycles. The van der Waals surface area contributed by atoms with E-state index in [1.54, 1.807) is 6.20 Å². The number of nitrogens with zero attached hydrogens (tertiary/aromatic N) is 5. The Morgan fingerprint density at radius 3 is 2.83 bits per heavy atom. The van der Waals surface area contributed by atoms with Crippen LogP contribution >= 0.6 is 0 Å². The number of fused-ring (bicyclic) bond motifs is 2. The summed E-state index contributed by atoms with van der Waals surface area (Å²) in [6.45, 7) is 0.822. The van der Waals surface area contributed by atoms with Gasteiger partial charge in [-0.1, -0.05) is 6.07 Å². The highest BCUT2D eigenvalue weighted by atomic mass is 15.1. The number of aromatic nitrogens is 6. The minimum atomic E-state index is 0.769. The molecule has 0 saturated carbocycles. The van der Waals surface area contributed by atoms with E-state index in [4.69, 9.17) is 4.98 Å². The predicted molar refractivity (Wildman–Crippen MR) is 138 cm³/mol. The molecule has 0 aromatic carbocycles. The van der Waals surface area contributed by atoms with Crippen molar-refractivity contribution in [3.05, 3.63) is 101 Å². The molecule has 0 aliphatic heterocycles. The Morgan fingerprint density at radius 1 is 1.03 bits per heavy atom. The molecule has 170 valence electrons. The van der Waals surface area contributed by atoms with Gasteiger partial charge in [0, 0.05) is 47.9 Å². The second-order valence-corrected chi connectivity index (χ2v) is 8.77. The van der Waals surface area contributed by atoms with E-state index in [-0.39, 0.29) is 0 Å². The number of allylic oxidation sites excluding steroid dienone is 2. The van der Waals surface area contributed by atoms with Crippen LogP contribution in [0.25, 0.3) is 45.3 Å². The minimum Gasteiger partial charge on any atom is -0.353 e. The van der Waals surface area contributed by atoms with E-state index >= 15 is 0 Å². The lowest BCUT2D eigenvalue weighted by atomic mass is 10.0. The van der Waals surface area contributed by atoms with Crippen LogP contribution < -0.4 is 0 Å². The van der Waals surface area contributed by atoms with Gasteiger partial charge in [0.15, 0.2) is 0 Å². The van der Waals surface area contributed by atoms with E-state index in [9.17, 15) is 0 Å². The van der Waals surface area contributed by atoms with Crippen LogP contribution in [0.2, 0.25) is 0 Å². The van der Waals surface area contributed by atoms with Crippen LogP contribution in [0.15, 0.2) is 78.9 Å². The number of hydrogen-bond donors (Lipinski definition) is 2. The molecule has 0 amide bonds. The first-order valence-electron chi connectivity index (χ1n) is 11.4. The maximum absolute atomic E-state index is 4.98. The molecule has 5 aromatic rings. The first-order valence-corrected chi connectivity index (χ1v) is 11.4. The first kappa shape index (κ1) is 21.0. The SMILES string of the molecule is CN(C)Cc1cncc(-c2ccc3[nH]nc(-c4cc5c([nH]4)C=C=CC=C5c4ccccn4)c3n2)c1. The molecule has 0 radical (unpaired) electrons. The van der Waals surface area contributed by atoms with Crippen LogP contribution in [0.1, 0.15) is 22.5 Å². The van der Waals surface area contributed by atoms with Crippen molar-refractivity contribution in [1.29, 1.82) is 0 Å². The summed E-state index contributed by atoms with van der Waals surface area (Å²) in [5.41, 5.74) is 13.5. The summed E-state index contributed by atoms with van der Waals surface area (Å²) < 4.78 is 0. The molecule has 0 unspecified atom stereocenters. The van der Waals surface area contributed by atoms with E-state index < -0.39 is 0 Å². The van der Waals surface area contributed by atoms with Gasteiger partial charge in [-0.3, -0.25) is 15.1 Å². The van der Waals surface area contributed by atoms with Crippen LogP contribution in [-0.2, 0) is 6.54 Å². The van der Waals surface area contributed by atoms with Gasteiger partial charge in [-0.25, -0.2) is 4.98 Å². The lowest BCUT2D eigenvalue weighted by Gasteiger charge is -2.10. The summed E-state index contributed by atoms with van der Waals surface area (Å²) in [4.78, 5) is 19.6. The number of aromatic amines is 2. The summed E-state index contributed by atoms with van der Waals surface area (Å²) in [5.74, 6) is 0. The van der Waals surface area contributed by atoms with Gasteiger partial charge in [0.05, 0.1) is 28.3 Å². The van der Waals surface area contributed by atoms with Gasteiger partial charge in [-0.15, -0.1) is 5.73 Å². The molecule has 7 nitrogen and oxygen atoms in total. The molecule has 0 spiro atoms. The van der Waals surface area contributed by atoms with Gasteiger partial charge in [0.2, 0.25) is 0 Å². The monoisotopic (exact) mass is 457 g/mol. The summed E-state index contributed by atoms with van der Waals surface area (Å²) in [6, 6.07) is 14.2. The maximum atomic E-state index is 4.98. The molecule has 0 fully saturated rings. The Balaban J connectivity index is 1.43. The Labute approximate surface area is 202 Å². The molecule has 0 atom stereocenters. The van der Waals surface area contributed by atoms with Gasteiger partial charge >= 0.3 is 0 Å². The third-order valence-electron chi connectivity index (χ3n) is 5.91. The minimum absolute atomic E-state index is 0.769. The third-order valence-corrected chi connectivity index (χ3v) is 5.91. The van der Waals surface area contributed by atoms with Crippen molar-refractivity contribution in [2.45, 2.75) is 6.54 Å². The number of H-pyrrole nitrogens is 2. The zero-order valence-electron chi connectivity index (χ0n) is 19.4. The molecule has 35 heavy (non-hydrogen) atoms. The number of pyridine rings is 3. The summed E-state index contributed by atoms with van der Waals surface area (Å²) in [7, 11) is 4.10. The van der Waals surface area contributed by atoms with Crippen LogP contribution in [-0.4, -0.2) is 49.1 Å². The van der Waals surface area contributed by atoms with Crippen molar-refractivity contribution in [3.8, 4) is 22.6 Å². The fraction of sp³-hybridized carbons (Fsp3) is 0.107. The van der Waals surface area contributed by atoms with Crippen LogP contribution in [0.4, 0.5) is 0 Å². The van der Waals surface area contributed by atoms with Crippen LogP contribution in [0.3, 0.4) is 0 Å². The highest BCUT2D eigenvalue weighted by molar-refractivity contribution is 5.93. The quantitative estimate of drug-likeness (QED) is 0.359. The Hall–Kier alpha value is -4.58. The van der Waals surface area contributed by atoms with Gasteiger partial charge < -0.3 is 9.88 Å². The molecule has 1 aliphatic rings. The van der Waals surface area contributed by atoms with E-state index in [1.807, 2.05) is 75.0 Å². The molecule has 0 saturated heterocycles. The smallest absolute Gasteiger partial charge is 0.135 e. The van der Waals surface area contributed by atoms with Crippen molar-refractivity contribution >= 4 is 22.7 Å². The molecule has 5 heterocycles. The molecule has 6 rings (SSSR count).